The molecule has 0 unspecified atom stereocenters. The van der Waals surface area contributed by atoms with E-state index in [0.717, 1.165) is 11.1 Å². The third kappa shape index (κ3) is 7.06. The second-order valence-electron chi connectivity index (χ2n) is 6.98. The maximum Gasteiger partial charge on any atom is 0.573 e. The molecule has 0 heterocycles. The average Bonchev–Trinajstić information content (AvgIpc) is 2.80. The Morgan fingerprint density at radius 3 is 1.88 bits per heavy atom. The highest BCUT2D eigenvalue weighted by atomic mass is 19.4. The van der Waals surface area contributed by atoms with E-state index in [4.69, 9.17) is 9.47 Å². The molecule has 0 spiro atoms. The lowest BCUT2D eigenvalue weighted by Crippen LogP contribution is -2.34. The average molecular weight is 460 g/mol. The number of benzene rings is 3. The number of carbonyl (C=O) groups is 1. The second kappa shape index (κ2) is 10.6. The molecule has 9 heteroatoms. The van der Waals surface area contributed by atoms with Crippen molar-refractivity contribution in [2.45, 2.75) is 12.4 Å². The second-order valence-corrected chi connectivity index (χ2v) is 6.98. The van der Waals surface area contributed by atoms with Crippen LogP contribution in [0.1, 0.15) is 17.2 Å². The monoisotopic (exact) mass is 460 g/mol. The number of nitrogens with one attached hydrogen (secondary N) is 2. The predicted molar refractivity (Wildman–Crippen MR) is 118 cm³/mol. The molecule has 33 heavy (non-hydrogen) atoms. The van der Waals surface area contributed by atoms with E-state index in [9.17, 15) is 18.0 Å². The van der Waals surface area contributed by atoms with Crippen LogP contribution in [0.2, 0.25) is 0 Å². The number of halogens is 3. The Labute approximate surface area is 189 Å². The van der Waals surface area contributed by atoms with Crippen molar-refractivity contribution in [3.05, 3.63) is 83.9 Å². The van der Waals surface area contributed by atoms with Gasteiger partial charge in [-0.15, -0.1) is 13.2 Å². The first-order valence-corrected chi connectivity index (χ1v) is 9.94. The summed E-state index contributed by atoms with van der Waals surface area (Å²) in [5.41, 5.74) is 1.97. The fraction of sp³-hybridized carbons (Fsp3) is 0.208. The first-order chi connectivity index (χ1) is 15.8. The highest BCUT2D eigenvalue weighted by Gasteiger charge is 2.31. The molecule has 0 saturated carbocycles. The topological polar surface area (TPSA) is 68.8 Å². The maximum atomic E-state index is 12.7. The van der Waals surface area contributed by atoms with E-state index in [1.807, 2.05) is 24.3 Å². The lowest BCUT2D eigenvalue weighted by atomic mass is 9.98. The Kier molecular flexibility index (Phi) is 7.66. The summed E-state index contributed by atoms with van der Waals surface area (Å²) in [6.07, 6.45) is -4.79. The van der Waals surface area contributed by atoms with Gasteiger partial charge in [-0.25, -0.2) is 0 Å². The van der Waals surface area contributed by atoms with E-state index < -0.39 is 12.4 Å². The zero-order valence-electron chi connectivity index (χ0n) is 18.0. The van der Waals surface area contributed by atoms with Crippen molar-refractivity contribution in [2.24, 2.45) is 0 Å². The normalized spacial score (nSPS) is 11.1. The molecule has 0 aliphatic heterocycles. The van der Waals surface area contributed by atoms with Crippen LogP contribution in [0, 0.1) is 0 Å². The van der Waals surface area contributed by atoms with E-state index in [1.165, 1.54) is 18.2 Å². The summed E-state index contributed by atoms with van der Waals surface area (Å²) in [4.78, 5) is 12.7. The summed E-state index contributed by atoms with van der Waals surface area (Å²) in [6.45, 7) is -0.154. The Morgan fingerprint density at radius 1 is 0.848 bits per heavy atom. The van der Waals surface area contributed by atoms with E-state index in [1.54, 1.807) is 44.6 Å². The lowest BCUT2D eigenvalue weighted by molar-refractivity contribution is -0.274. The van der Waals surface area contributed by atoms with Crippen LogP contribution in [0.15, 0.2) is 72.8 Å². The molecule has 6 nitrogen and oxygen atoms in total. The van der Waals surface area contributed by atoms with Gasteiger partial charge in [0.15, 0.2) is 0 Å². The quantitative estimate of drug-likeness (QED) is 0.475. The van der Waals surface area contributed by atoms with Gasteiger partial charge in [-0.1, -0.05) is 30.3 Å². The van der Waals surface area contributed by atoms with Gasteiger partial charge in [0.2, 0.25) is 5.91 Å². The Morgan fingerprint density at radius 2 is 1.39 bits per heavy atom. The van der Waals surface area contributed by atoms with Crippen LogP contribution in [0.5, 0.6) is 17.2 Å². The predicted octanol–water partition coefficient (Wildman–Crippen LogP) is 4.92. The largest absolute Gasteiger partial charge is 0.573 e. The molecule has 0 radical (unpaired) electrons. The van der Waals surface area contributed by atoms with Gasteiger partial charge in [0.25, 0.3) is 0 Å². The number of hydrogen-bond acceptors (Lipinski definition) is 5. The van der Waals surface area contributed by atoms with Crippen LogP contribution in [0.4, 0.5) is 18.9 Å². The summed E-state index contributed by atoms with van der Waals surface area (Å²) >= 11 is 0. The minimum Gasteiger partial charge on any atom is -0.497 e. The van der Waals surface area contributed by atoms with Crippen molar-refractivity contribution < 1.29 is 32.2 Å². The molecule has 0 saturated heterocycles. The van der Waals surface area contributed by atoms with Gasteiger partial charge in [-0.05, 0) is 47.5 Å². The third-order valence-corrected chi connectivity index (χ3v) is 4.72. The van der Waals surface area contributed by atoms with Crippen LogP contribution in [-0.4, -0.2) is 33.0 Å². The number of hydrogen-bond donors (Lipinski definition) is 2. The summed E-state index contributed by atoms with van der Waals surface area (Å²) in [7, 11) is 3.14. The fourth-order valence-electron chi connectivity index (χ4n) is 3.15. The molecule has 1 amide bonds. The Hall–Kier alpha value is -3.88. The van der Waals surface area contributed by atoms with Gasteiger partial charge < -0.3 is 24.8 Å². The number of ether oxygens (including phenoxy) is 3. The van der Waals surface area contributed by atoms with Gasteiger partial charge in [-0.2, -0.15) is 0 Å². The summed E-state index contributed by atoms with van der Waals surface area (Å²) in [5.74, 6) is 0.637. The summed E-state index contributed by atoms with van der Waals surface area (Å²) in [5, 5.41) is 5.77. The highest BCUT2D eigenvalue weighted by molar-refractivity contribution is 5.81. The number of amides is 1. The molecule has 174 valence electrons. The number of carbonyl (C=O) groups excluding carboxylic acids is 1. The van der Waals surface area contributed by atoms with Gasteiger partial charge in [0.1, 0.15) is 17.2 Å². The van der Waals surface area contributed by atoms with Gasteiger partial charge in [0, 0.05) is 11.8 Å². The van der Waals surface area contributed by atoms with Crippen molar-refractivity contribution in [2.75, 3.05) is 26.1 Å². The van der Waals surface area contributed by atoms with Crippen LogP contribution in [0.3, 0.4) is 0 Å². The fourth-order valence-corrected chi connectivity index (χ4v) is 3.15. The minimum atomic E-state index is -4.79. The molecule has 0 aliphatic carbocycles. The minimum absolute atomic E-state index is 0.154. The Bertz CT molecular complexity index is 1010. The first kappa shape index (κ1) is 23.8. The standard InChI is InChI=1S/C24H23F3N2O4/c1-31-19-10-6-16(7-11-19)23(17-8-12-20(32-2)13-9-17)29-22(30)15-28-18-4-3-5-21(14-18)33-24(25,26)27/h3-14,23,28H,15H2,1-2H3,(H,29,30). The maximum absolute atomic E-state index is 12.7. The first-order valence-electron chi connectivity index (χ1n) is 9.94. The van der Waals surface area contributed by atoms with Crippen molar-refractivity contribution >= 4 is 11.6 Å². The third-order valence-electron chi connectivity index (χ3n) is 4.72. The van der Waals surface area contributed by atoms with Crippen molar-refractivity contribution in [1.29, 1.82) is 0 Å². The van der Waals surface area contributed by atoms with Crippen LogP contribution >= 0.6 is 0 Å². The molecule has 0 fully saturated rings. The van der Waals surface area contributed by atoms with E-state index in [-0.39, 0.29) is 18.2 Å². The van der Waals surface area contributed by atoms with Crippen LogP contribution < -0.4 is 24.8 Å². The number of rotatable bonds is 9. The highest BCUT2D eigenvalue weighted by Crippen LogP contribution is 2.27. The van der Waals surface area contributed by atoms with Crippen molar-refractivity contribution in [3.63, 3.8) is 0 Å². The van der Waals surface area contributed by atoms with Gasteiger partial charge >= 0.3 is 6.36 Å². The van der Waals surface area contributed by atoms with E-state index in [2.05, 4.69) is 15.4 Å². The molecule has 3 aromatic rings. The number of anilines is 1. The molecule has 0 atom stereocenters. The lowest BCUT2D eigenvalue weighted by Gasteiger charge is -2.21. The van der Waals surface area contributed by atoms with Gasteiger partial charge in [0.05, 0.1) is 26.8 Å². The van der Waals surface area contributed by atoms with Gasteiger partial charge in [-0.3, -0.25) is 4.79 Å². The number of alkyl halides is 3. The smallest absolute Gasteiger partial charge is 0.497 e. The molecule has 0 bridgehead atoms. The van der Waals surface area contributed by atoms with Crippen LogP contribution in [0.25, 0.3) is 0 Å². The Balaban J connectivity index is 1.72. The molecular weight excluding hydrogens is 437 g/mol. The van der Waals surface area contributed by atoms with Crippen molar-refractivity contribution in [1.82, 2.24) is 5.32 Å². The van der Waals surface area contributed by atoms with E-state index >= 15 is 0 Å². The zero-order chi connectivity index (χ0) is 23.8. The molecular formula is C24H23F3N2O4. The molecule has 0 aliphatic rings. The summed E-state index contributed by atoms with van der Waals surface area (Å²) < 4.78 is 51.6. The SMILES string of the molecule is COc1ccc(C(NC(=O)CNc2cccc(OC(F)(F)F)c2)c2ccc(OC)cc2)cc1. The summed E-state index contributed by atoms with van der Waals surface area (Å²) in [6, 6.07) is 19.4. The zero-order valence-corrected chi connectivity index (χ0v) is 18.0. The molecule has 3 aromatic carbocycles. The number of methoxy groups -OCH3 is 2. The molecule has 0 aromatic heterocycles. The van der Waals surface area contributed by atoms with Crippen LogP contribution in [-0.2, 0) is 4.79 Å². The van der Waals surface area contributed by atoms with Crippen molar-refractivity contribution in [3.8, 4) is 17.2 Å². The molecule has 2 N–H and O–H groups in total. The van der Waals surface area contributed by atoms with E-state index in [0.29, 0.717) is 17.2 Å². The molecule has 3 rings (SSSR count).